The Hall–Kier alpha value is -0.610. The Labute approximate surface area is 123 Å². The highest BCUT2D eigenvalue weighted by Gasteiger charge is 2.43. The van der Waals surface area contributed by atoms with Crippen LogP contribution in [0, 0.1) is 5.92 Å². The second-order valence-electron chi connectivity index (χ2n) is 6.86. The lowest BCUT2D eigenvalue weighted by molar-refractivity contribution is -0.141. The van der Waals surface area contributed by atoms with Crippen molar-refractivity contribution in [2.45, 2.75) is 57.4 Å². The molecule has 1 saturated carbocycles. The molecule has 1 heterocycles. The molecule has 0 bridgehead atoms. The van der Waals surface area contributed by atoms with E-state index in [1.54, 1.807) is 0 Å². The van der Waals surface area contributed by atoms with E-state index in [1.807, 2.05) is 4.90 Å². The molecule has 1 amide bonds. The Morgan fingerprint density at radius 1 is 1.35 bits per heavy atom. The molecule has 0 aromatic heterocycles. The molecule has 4 nitrogen and oxygen atoms in total. The van der Waals surface area contributed by atoms with Crippen LogP contribution < -0.4 is 5.73 Å². The lowest BCUT2D eigenvalue weighted by atomic mass is 9.76. The number of carbonyl (C=O) groups excluding carboxylic acids is 1. The van der Waals surface area contributed by atoms with E-state index in [4.69, 9.17) is 5.73 Å². The minimum absolute atomic E-state index is 0.210. The van der Waals surface area contributed by atoms with E-state index in [1.165, 1.54) is 25.9 Å². The third kappa shape index (κ3) is 3.73. The summed E-state index contributed by atoms with van der Waals surface area (Å²) in [4.78, 5) is 16.8. The molecule has 0 atom stereocenters. The van der Waals surface area contributed by atoms with Crippen LogP contribution in [0.3, 0.4) is 0 Å². The maximum absolute atomic E-state index is 12.4. The first kappa shape index (κ1) is 15.8. The van der Waals surface area contributed by atoms with E-state index in [-0.39, 0.29) is 5.91 Å². The molecule has 4 heteroatoms. The van der Waals surface area contributed by atoms with Crippen molar-refractivity contribution < 1.29 is 4.79 Å². The van der Waals surface area contributed by atoms with E-state index in [9.17, 15) is 4.79 Å². The van der Waals surface area contributed by atoms with Crippen LogP contribution in [0.25, 0.3) is 0 Å². The molecule has 2 aliphatic rings. The summed E-state index contributed by atoms with van der Waals surface area (Å²) in [6.07, 6.45) is 7.69. The third-order valence-electron chi connectivity index (χ3n) is 5.04. The molecule has 116 valence electrons. The second kappa shape index (κ2) is 6.90. The minimum Gasteiger partial charge on any atom is -0.341 e. The van der Waals surface area contributed by atoms with Gasteiger partial charge in [0.1, 0.15) is 0 Å². The second-order valence-corrected chi connectivity index (χ2v) is 6.86. The maximum atomic E-state index is 12.4. The van der Waals surface area contributed by atoms with Crippen molar-refractivity contribution in [3.63, 3.8) is 0 Å². The van der Waals surface area contributed by atoms with Crippen molar-refractivity contribution in [3.05, 3.63) is 0 Å². The molecule has 2 fully saturated rings. The van der Waals surface area contributed by atoms with Crippen LogP contribution in [-0.2, 0) is 4.79 Å². The molecular weight excluding hydrogens is 250 g/mol. The summed E-state index contributed by atoms with van der Waals surface area (Å²) in [6.45, 7) is 6.42. The molecule has 0 radical (unpaired) electrons. The van der Waals surface area contributed by atoms with Crippen LogP contribution >= 0.6 is 0 Å². The summed E-state index contributed by atoms with van der Waals surface area (Å²) in [5, 5.41) is 0. The molecule has 0 unspecified atom stereocenters. The third-order valence-corrected chi connectivity index (χ3v) is 5.04. The molecule has 1 saturated heterocycles. The Morgan fingerprint density at radius 3 is 2.50 bits per heavy atom. The molecule has 1 aliphatic heterocycles. The lowest BCUT2D eigenvalue weighted by Crippen LogP contribution is -2.60. The summed E-state index contributed by atoms with van der Waals surface area (Å²) in [6, 6.07) is 0. The first-order valence-corrected chi connectivity index (χ1v) is 8.32. The van der Waals surface area contributed by atoms with Gasteiger partial charge in [-0.3, -0.25) is 4.79 Å². The number of unbranched alkanes of at least 4 members (excludes halogenated alkanes) is 1. The van der Waals surface area contributed by atoms with Crippen molar-refractivity contribution in [3.8, 4) is 0 Å². The fourth-order valence-corrected chi connectivity index (χ4v) is 3.37. The fourth-order valence-electron chi connectivity index (χ4n) is 3.37. The van der Waals surface area contributed by atoms with E-state index in [2.05, 4.69) is 18.9 Å². The van der Waals surface area contributed by atoms with Crippen molar-refractivity contribution in [2.75, 3.05) is 33.2 Å². The van der Waals surface area contributed by atoms with E-state index in [0.717, 1.165) is 51.1 Å². The fraction of sp³-hybridized carbons (Fsp3) is 0.938. The summed E-state index contributed by atoms with van der Waals surface area (Å²) >= 11 is 0. The predicted octanol–water partition coefficient (Wildman–Crippen LogP) is 1.84. The smallest absolute Gasteiger partial charge is 0.242 e. The van der Waals surface area contributed by atoms with Gasteiger partial charge >= 0.3 is 0 Å². The molecule has 20 heavy (non-hydrogen) atoms. The predicted molar refractivity (Wildman–Crippen MR) is 82.5 cm³/mol. The highest BCUT2D eigenvalue weighted by molar-refractivity contribution is 5.87. The summed E-state index contributed by atoms with van der Waals surface area (Å²) < 4.78 is 0. The summed E-state index contributed by atoms with van der Waals surface area (Å²) in [5.74, 6) is 0.956. The van der Waals surface area contributed by atoms with E-state index >= 15 is 0 Å². The number of nitrogens with zero attached hydrogens (tertiary/aromatic N) is 2. The van der Waals surface area contributed by atoms with Gasteiger partial charge in [0.15, 0.2) is 0 Å². The topological polar surface area (TPSA) is 49.6 Å². The molecular formula is C16H31N3O. The number of piperidine rings is 1. The monoisotopic (exact) mass is 281 g/mol. The van der Waals surface area contributed by atoms with Crippen LogP contribution in [0.1, 0.15) is 51.9 Å². The van der Waals surface area contributed by atoms with Gasteiger partial charge in [-0.05, 0) is 58.0 Å². The molecule has 2 N–H and O–H groups in total. The first-order chi connectivity index (χ1) is 9.55. The van der Waals surface area contributed by atoms with E-state index < -0.39 is 5.54 Å². The SMILES string of the molecule is CCCCN(C)CC1CCN(C(=O)C2(N)CCC2)CC1. The van der Waals surface area contributed by atoms with Gasteiger partial charge in [0.05, 0.1) is 5.54 Å². The van der Waals surface area contributed by atoms with Gasteiger partial charge in [-0.15, -0.1) is 0 Å². The Balaban J connectivity index is 1.71. The summed E-state index contributed by atoms with van der Waals surface area (Å²) in [7, 11) is 2.22. The largest absolute Gasteiger partial charge is 0.341 e. The van der Waals surface area contributed by atoms with Gasteiger partial charge in [-0.25, -0.2) is 0 Å². The number of carbonyl (C=O) groups is 1. The zero-order chi connectivity index (χ0) is 14.6. The number of hydrogen-bond donors (Lipinski definition) is 1. The van der Waals surface area contributed by atoms with Crippen molar-refractivity contribution in [1.82, 2.24) is 9.80 Å². The van der Waals surface area contributed by atoms with Crippen LogP contribution in [0.5, 0.6) is 0 Å². The zero-order valence-corrected chi connectivity index (χ0v) is 13.2. The number of hydrogen-bond acceptors (Lipinski definition) is 3. The van der Waals surface area contributed by atoms with Crippen LogP contribution in [0.15, 0.2) is 0 Å². The van der Waals surface area contributed by atoms with E-state index in [0.29, 0.717) is 0 Å². The first-order valence-electron chi connectivity index (χ1n) is 8.32. The van der Waals surface area contributed by atoms with Crippen LogP contribution in [-0.4, -0.2) is 54.5 Å². The van der Waals surface area contributed by atoms with Gasteiger partial charge in [-0.2, -0.15) is 0 Å². The molecule has 1 aliphatic carbocycles. The zero-order valence-electron chi connectivity index (χ0n) is 13.2. The standard InChI is InChI=1S/C16H31N3O/c1-3-4-10-18(2)13-14-6-11-19(12-7-14)15(20)16(17)8-5-9-16/h14H,3-13,17H2,1-2H3. The highest BCUT2D eigenvalue weighted by atomic mass is 16.2. The van der Waals surface area contributed by atoms with Crippen molar-refractivity contribution in [2.24, 2.45) is 11.7 Å². The number of likely N-dealkylation sites (tertiary alicyclic amines) is 1. The van der Waals surface area contributed by atoms with Crippen molar-refractivity contribution >= 4 is 5.91 Å². The Kier molecular flexibility index (Phi) is 5.44. The molecule has 2 rings (SSSR count). The van der Waals surface area contributed by atoms with Gasteiger partial charge < -0.3 is 15.5 Å². The summed E-state index contributed by atoms with van der Waals surface area (Å²) in [5.41, 5.74) is 5.64. The van der Waals surface area contributed by atoms with Gasteiger partial charge in [0.25, 0.3) is 0 Å². The van der Waals surface area contributed by atoms with Gasteiger partial charge in [-0.1, -0.05) is 13.3 Å². The van der Waals surface area contributed by atoms with Gasteiger partial charge in [0, 0.05) is 19.6 Å². The Morgan fingerprint density at radius 2 is 2.00 bits per heavy atom. The van der Waals surface area contributed by atoms with Crippen LogP contribution in [0.2, 0.25) is 0 Å². The quantitative estimate of drug-likeness (QED) is 0.808. The number of amides is 1. The Bertz CT molecular complexity index is 320. The molecule has 0 spiro atoms. The minimum atomic E-state index is -0.509. The molecule has 0 aromatic carbocycles. The average Bonchev–Trinajstić information content (AvgIpc) is 2.42. The van der Waals surface area contributed by atoms with Gasteiger partial charge in [0.2, 0.25) is 5.91 Å². The number of rotatable bonds is 6. The average molecular weight is 281 g/mol. The van der Waals surface area contributed by atoms with Crippen molar-refractivity contribution in [1.29, 1.82) is 0 Å². The van der Waals surface area contributed by atoms with Crippen LogP contribution in [0.4, 0.5) is 0 Å². The number of nitrogens with two attached hydrogens (primary N) is 1. The highest BCUT2D eigenvalue weighted by Crippen LogP contribution is 2.32. The maximum Gasteiger partial charge on any atom is 0.242 e. The molecule has 0 aromatic rings. The normalized spacial score (nSPS) is 22.9. The lowest BCUT2D eigenvalue weighted by Gasteiger charge is -2.43.